The summed E-state index contributed by atoms with van der Waals surface area (Å²) in [6.45, 7) is 2.88. The highest BCUT2D eigenvalue weighted by atomic mass is 16.4. The Hall–Kier alpha value is -1.81. The van der Waals surface area contributed by atoms with Crippen molar-refractivity contribution in [3.63, 3.8) is 0 Å². The van der Waals surface area contributed by atoms with Gasteiger partial charge in [0, 0.05) is 35.8 Å². The van der Waals surface area contributed by atoms with E-state index in [0.717, 1.165) is 36.0 Å². The molecule has 1 aromatic heterocycles. The van der Waals surface area contributed by atoms with E-state index in [-0.39, 0.29) is 5.63 Å². The summed E-state index contributed by atoms with van der Waals surface area (Å²) in [6.07, 6.45) is 4.63. The molecule has 0 unspecified atom stereocenters. The Morgan fingerprint density at radius 2 is 2.00 bits per heavy atom. The van der Waals surface area contributed by atoms with Crippen molar-refractivity contribution < 1.29 is 4.42 Å². The van der Waals surface area contributed by atoms with Gasteiger partial charge in [0.1, 0.15) is 5.58 Å². The van der Waals surface area contributed by atoms with Crippen LogP contribution in [-0.2, 0) is 0 Å². The average molecular weight is 286 g/mol. The molecule has 1 aromatic carbocycles. The Morgan fingerprint density at radius 1 is 1.24 bits per heavy atom. The number of benzene rings is 1. The van der Waals surface area contributed by atoms with Gasteiger partial charge in [0.2, 0.25) is 0 Å². The zero-order valence-electron chi connectivity index (χ0n) is 12.4. The number of fused-ring (bicyclic) bond motifs is 1. The Bertz CT molecular complexity index is 685. The molecule has 3 rings (SSSR count). The van der Waals surface area contributed by atoms with Gasteiger partial charge in [0.15, 0.2) is 0 Å². The highest BCUT2D eigenvalue weighted by Crippen LogP contribution is 2.25. The number of aryl methyl sites for hydroxylation is 1. The van der Waals surface area contributed by atoms with E-state index in [1.54, 1.807) is 0 Å². The van der Waals surface area contributed by atoms with Gasteiger partial charge >= 0.3 is 5.63 Å². The third kappa shape index (κ3) is 3.27. The van der Waals surface area contributed by atoms with Crippen LogP contribution in [0.5, 0.6) is 0 Å². The fourth-order valence-electron chi connectivity index (χ4n) is 3.09. The van der Waals surface area contributed by atoms with Crippen LogP contribution in [0, 0.1) is 12.8 Å². The first-order valence-electron chi connectivity index (χ1n) is 7.66. The first-order chi connectivity index (χ1) is 10.1. The summed E-state index contributed by atoms with van der Waals surface area (Å²) >= 11 is 0. The molecule has 21 heavy (non-hydrogen) atoms. The van der Waals surface area contributed by atoms with Gasteiger partial charge in [0.05, 0.1) is 0 Å². The van der Waals surface area contributed by atoms with Crippen molar-refractivity contribution in [2.45, 2.75) is 38.6 Å². The van der Waals surface area contributed by atoms with Crippen LogP contribution in [0.3, 0.4) is 0 Å². The number of anilines is 1. The maximum atomic E-state index is 11.5. The Kier molecular flexibility index (Phi) is 3.97. The van der Waals surface area contributed by atoms with E-state index in [4.69, 9.17) is 10.2 Å². The molecule has 1 heterocycles. The molecule has 0 saturated heterocycles. The van der Waals surface area contributed by atoms with Crippen LogP contribution in [0.2, 0.25) is 0 Å². The smallest absolute Gasteiger partial charge is 0.336 e. The highest BCUT2D eigenvalue weighted by molar-refractivity contribution is 5.83. The van der Waals surface area contributed by atoms with Crippen molar-refractivity contribution in [2.75, 3.05) is 11.9 Å². The molecular weight excluding hydrogens is 264 g/mol. The van der Waals surface area contributed by atoms with Crippen LogP contribution < -0.4 is 16.7 Å². The summed E-state index contributed by atoms with van der Waals surface area (Å²) < 4.78 is 5.28. The lowest BCUT2D eigenvalue weighted by Gasteiger charge is -2.26. The van der Waals surface area contributed by atoms with E-state index in [9.17, 15) is 4.79 Å². The molecular formula is C17H22N2O2. The largest absolute Gasteiger partial charge is 0.423 e. The monoisotopic (exact) mass is 286 g/mol. The minimum atomic E-state index is -0.293. The highest BCUT2D eigenvalue weighted by Gasteiger charge is 2.18. The summed E-state index contributed by atoms with van der Waals surface area (Å²) in [7, 11) is 0. The fraction of sp³-hybridized carbons (Fsp3) is 0.471. The topological polar surface area (TPSA) is 68.3 Å². The summed E-state index contributed by atoms with van der Waals surface area (Å²) in [5, 5.41) is 4.45. The van der Waals surface area contributed by atoms with Gasteiger partial charge < -0.3 is 15.5 Å². The minimum Gasteiger partial charge on any atom is -0.423 e. The summed E-state index contributed by atoms with van der Waals surface area (Å²) in [5.74, 6) is 0.685. The third-order valence-electron chi connectivity index (χ3n) is 4.44. The van der Waals surface area contributed by atoms with E-state index in [1.165, 1.54) is 18.9 Å². The molecule has 0 atom stereocenters. The SMILES string of the molecule is Cc1cc(=O)oc2cc(NC[C@H]3CC[C@H](N)CC3)ccc12. The Labute approximate surface area is 124 Å². The first kappa shape index (κ1) is 14.1. The van der Waals surface area contributed by atoms with Crippen molar-refractivity contribution >= 4 is 16.7 Å². The van der Waals surface area contributed by atoms with Crippen LogP contribution in [0.15, 0.2) is 33.5 Å². The van der Waals surface area contributed by atoms with Gasteiger partial charge in [-0.05, 0) is 56.2 Å². The fourth-order valence-corrected chi connectivity index (χ4v) is 3.09. The summed E-state index contributed by atoms with van der Waals surface area (Å²) in [4.78, 5) is 11.5. The molecule has 1 fully saturated rings. The molecule has 0 aliphatic heterocycles. The lowest BCUT2D eigenvalue weighted by molar-refractivity contribution is 0.339. The zero-order valence-corrected chi connectivity index (χ0v) is 12.4. The lowest BCUT2D eigenvalue weighted by Crippen LogP contribution is -2.29. The van der Waals surface area contributed by atoms with Crippen molar-refractivity contribution in [3.05, 3.63) is 40.2 Å². The van der Waals surface area contributed by atoms with Crippen molar-refractivity contribution in [3.8, 4) is 0 Å². The number of hydrogen-bond acceptors (Lipinski definition) is 4. The van der Waals surface area contributed by atoms with Gasteiger partial charge in [-0.1, -0.05) is 0 Å². The van der Waals surface area contributed by atoms with E-state index < -0.39 is 0 Å². The van der Waals surface area contributed by atoms with Gasteiger partial charge in [-0.25, -0.2) is 4.79 Å². The van der Waals surface area contributed by atoms with E-state index in [0.29, 0.717) is 17.5 Å². The van der Waals surface area contributed by atoms with Crippen LogP contribution in [0.1, 0.15) is 31.2 Å². The molecule has 0 spiro atoms. The summed E-state index contributed by atoms with van der Waals surface area (Å²) in [6, 6.07) is 7.88. The van der Waals surface area contributed by atoms with Gasteiger partial charge in [0.25, 0.3) is 0 Å². The van der Waals surface area contributed by atoms with E-state index in [1.807, 2.05) is 25.1 Å². The molecule has 1 saturated carbocycles. The quantitative estimate of drug-likeness (QED) is 0.851. The van der Waals surface area contributed by atoms with Gasteiger partial charge in [-0.15, -0.1) is 0 Å². The van der Waals surface area contributed by atoms with Crippen molar-refractivity contribution in [2.24, 2.45) is 11.7 Å². The normalized spacial score (nSPS) is 22.4. The predicted molar refractivity (Wildman–Crippen MR) is 85.6 cm³/mol. The maximum absolute atomic E-state index is 11.5. The molecule has 112 valence electrons. The number of nitrogens with one attached hydrogen (secondary N) is 1. The van der Waals surface area contributed by atoms with Crippen LogP contribution in [0.25, 0.3) is 11.0 Å². The molecule has 4 nitrogen and oxygen atoms in total. The Morgan fingerprint density at radius 3 is 2.76 bits per heavy atom. The molecule has 4 heteroatoms. The number of hydrogen-bond donors (Lipinski definition) is 2. The second-order valence-electron chi connectivity index (χ2n) is 6.12. The molecule has 1 aliphatic carbocycles. The molecule has 2 aromatic rings. The second kappa shape index (κ2) is 5.90. The van der Waals surface area contributed by atoms with E-state index in [2.05, 4.69) is 5.32 Å². The van der Waals surface area contributed by atoms with Crippen molar-refractivity contribution in [1.82, 2.24) is 0 Å². The standard InChI is InChI=1S/C17H22N2O2/c1-11-8-17(20)21-16-9-14(6-7-15(11)16)19-10-12-2-4-13(18)5-3-12/h6-9,12-13,19H,2-5,10,18H2,1H3/t12-,13-. The predicted octanol–water partition coefficient (Wildman–Crippen LogP) is 3.03. The first-order valence-corrected chi connectivity index (χ1v) is 7.66. The molecule has 0 amide bonds. The zero-order chi connectivity index (χ0) is 14.8. The van der Waals surface area contributed by atoms with Crippen LogP contribution in [-0.4, -0.2) is 12.6 Å². The maximum Gasteiger partial charge on any atom is 0.336 e. The third-order valence-corrected chi connectivity index (χ3v) is 4.44. The molecule has 3 N–H and O–H groups in total. The number of rotatable bonds is 3. The minimum absolute atomic E-state index is 0.293. The van der Waals surface area contributed by atoms with Crippen molar-refractivity contribution in [1.29, 1.82) is 0 Å². The van der Waals surface area contributed by atoms with E-state index >= 15 is 0 Å². The second-order valence-corrected chi connectivity index (χ2v) is 6.12. The van der Waals surface area contributed by atoms with Crippen LogP contribution in [0.4, 0.5) is 5.69 Å². The summed E-state index contributed by atoms with van der Waals surface area (Å²) in [5.41, 5.74) is 8.25. The lowest BCUT2D eigenvalue weighted by atomic mass is 9.86. The molecule has 0 radical (unpaired) electrons. The molecule has 1 aliphatic rings. The van der Waals surface area contributed by atoms with Gasteiger partial charge in [-0.3, -0.25) is 0 Å². The molecule has 0 bridgehead atoms. The Balaban J connectivity index is 1.71. The average Bonchev–Trinajstić information content (AvgIpc) is 2.46. The van der Waals surface area contributed by atoms with Gasteiger partial charge in [-0.2, -0.15) is 0 Å². The number of nitrogens with two attached hydrogens (primary N) is 1. The van der Waals surface area contributed by atoms with Crippen LogP contribution >= 0.6 is 0 Å².